The highest BCUT2D eigenvalue weighted by atomic mass is 16.2. The van der Waals surface area contributed by atoms with Gasteiger partial charge in [-0.3, -0.25) is 24.6 Å². The van der Waals surface area contributed by atoms with E-state index >= 15 is 0 Å². The van der Waals surface area contributed by atoms with Crippen LogP contribution >= 0.6 is 0 Å². The van der Waals surface area contributed by atoms with Gasteiger partial charge in [-0.05, 0) is 31.5 Å². The fraction of sp³-hybridized carbons (Fsp3) is 0.500. The number of benzene rings is 1. The number of imide groups is 1. The summed E-state index contributed by atoms with van der Waals surface area (Å²) in [6, 6.07) is 4.85. The topological polar surface area (TPSA) is 108 Å². The first-order valence-electron chi connectivity index (χ1n) is 10.1. The Hall–Kier alpha value is -2.78. The maximum Gasteiger partial charge on any atom is 0.275 e. The third kappa shape index (κ3) is 4.15. The molecule has 2 aliphatic heterocycles. The van der Waals surface area contributed by atoms with Crippen molar-refractivity contribution in [2.24, 2.45) is 0 Å². The SMILES string of the molecule is Cc1nn(C2CCC(=O)NC2=O)c(=O)c2ccc(NCCN3CCNCC3)cc12. The van der Waals surface area contributed by atoms with E-state index < -0.39 is 11.9 Å². The second kappa shape index (κ2) is 8.30. The number of carbonyl (C=O) groups is 2. The highest BCUT2D eigenvalue weighted by Gasteiger charge is 2.30. The number of aryl methyl sites for hydroxylation is 1. The molecular weight excluding hydrogens is 372 g/mol. The molecule has 1 aromatic carbocycles. The van der Waals surface area contributed by atoms with Crippen LogP contribution in [-0.4, -0.2) is 65.8 Å². The molecule has 1 unspecified atom stereocenters. The van der Waals surface area contributed by atoms with Gasteiger partial charge < -0.3 is 10.6 Å². The molecule has 29 heavy (non-hydrogen) atoms. The number of fused-ring (bicyclic) bond motifs is 1. The Balaban J connectivity index is 1.53. The second-order valence-electron chi connectivity index (χ2n) is 7.58. The number of hydrogen-bond donors (Lipinski definition) is 3. The van der Waals surface area contributed by atoms with Gasteiger partial charge in [0, 0.05) is 56.8 Å². The van der Waals surface area contributed by atoms with Crippen LogP contribution in [0.2, 0.25) is 0 Å². The molecule has 154 valence electrons. The van der Waals surface area contributed by atoms with Gasteiger partial charge in [0.15, 0.2) is 0 Å². The number of amides is 2. The summed E-state index contributed by atoms with van der Waals surface area (Å²) >= 11 is 0. The molecule has 2 aliphatic rings. The number of nitrogens with one attached hydrogen (secondary N) is 3. The van der Waals surface area contributed by atoms with Crippen molar-refractivity contribution in [2.75, 3.05) is 44.6 Å². The van der Waals surface area contributed by atoms with E-state index in [2.05, 4.69) is 25.9 Å². The number of rotatable bonds is 5. The molecule has 9 heteroatoms. The predicted molar refractivity (Wildman–Crippen MR) is 110 cm³/mol. The van der Waals surface area contributed by atoms with E-state index in [-0.39, 0.29) is 24.3 Å². The average molecular weight is 398 g/mol. The van der Waals surface area contributed by atoms with E-state index in [4.69, 9.17) is 0 Å². The molecule has 0 spiro atoms. The summed E-state index contributed by atoms with van der Waals surface area (Å²) < 4.78 is 1.22. The van der Waals surface area contributed by atoms with E-state index in [1.54, 1.807) is 6.07 Å². The Morgan fingerprint density at radius 2 is 1.97 bits per heavy atom. The summed E-state index contributed by atoms with van der Waals surface area (Å²) in [6.45, 7) is 7.79. The minimum Gasteiger partial charge on any atom is -0.384 e. The molecule has 4 rings (SSSR count). The fourth-order valence-electron chi connectivity index (χ4n) is 3.94. The summed E-state index contributed by atoms with van der Waals surface area (Å²) in [4.78, 5) is 38.9. The normalized spacial score (nSPS) is 20.7. The number of aromatic nitrogens is 2. The molecule has 2 amide bonds. The first kappa shape index (κ1) is 19.5. The van der Waals surface area contributed by atoms with Gasteiger partial charge in [-0.1, -0.05) is 0 Å². The summed E-state index contributed by atoms with van der Waals surface area (Å²) in [5.41, 5.74) is 1.30. The summed E-state index contributed by atoms with van der Waals surface area (Å²) in [5.74, 6) is -0.783. The fourth-order valence-corrected chi connectivity index (χ4v) is 3.94. The molecule has 2 aromatic rings. The van der Waals surface area contributed by atoms with Crippen LogP contribution in [0.3, 0.4) is 0 Å². The van der Waals surface area contributed by atoms with Crippen molar-refractivity contribution in [2.45, 2.75) is 25.8 Å². The lowest BCUT2D eigenvalue weighted by Crippen LogP contribution is -2.45. The minimum absolute atomic E-state index is 0.206. The number of carbonyl (C=O) groups excluding carboxylic acids is 2. The Labute approximate surface area is 168 Å². The number of anilines is 1. The van der Waals surface area contributed by atoms with E-state index in [1.807, 2.05) is 19.1 Å². The van der Waals surface area contributed by atoms with Gasteiger partial charge in [0.2, 0.25) is 5.91 Å². The zero-order valence-corrected chi connectivity index (χ0v) is 16.5. The van der Waals surface area contributed by atoms with E-state index in [0.717, 1.165) is 50.3 Å². The first-order chi connectivity index (χ1) is 14.0. The van der Waals surface area contributed by atoms with E-state index in [1.165, 1.54) is 4.68 Å². The molecule has 9 nitrogen and oxygen atoms in total. The minimum atomic E-state index is -0.750. The van der Waals surface area contributed by atoms with Gasteiger partial charge in [0.1, 0.15) is 6.04 Å². The largest absolute Gasteiger partial charge is 0.384 e. The predicted octanol–water partition coefficient (Wildman–Crippen LogP) is -0.000280. The molecule has 0 bridgehead atoms. The average Bonchev–Trinajstić information content (AvgIpc) is 2.72. The zero-order valence-electron chi connectivity index (χ0n) is 16.5. The lowest BCUT2D eigenvalue weighted by atomic mass is 10.1. The third-order valence-electron chi connectivity index (χ3n) is 5.58. The second-order valence-corrected chi connectivity index (χ2v) is 7.58. The van der Waals surface area contributed by atoms with Crippen LogP contribution in [0.5, 0.6) is 0 Å². The van der Waals surface area contributed by atoms with Crippen LogP contribution in [0.15, 0.2) is 23.0 Å². The Bertz CT molecular complexity index is 996. The molecule has 0 saturated carbocycles. The molecule has 1 aromatic heterocycles. The van der Waals surface area contributed by atoms with Gasteiger partial charge in [0.25, 0.3) is 11.5 Å². The maximum absolute atomic E-state index is 12.9. The van der Waals surface area contributed by atoms with Crippen LogP contribution in [0, 0.1) is 6.92 Å². The lowest BCUT2D eigenvalue weighted by molar-refractivity contribution is -0.136. The molecule has 3 heterocycles. The van der Waals surface area contributed by atoms with Gasteiger partial charge in [0.05, 0.1) is 11.1 Å². The highest BCUT2D eigenvalue weighted by molar-refractivity contribution is 5.99. The van der Waals surface area contributed by atoms with Crippen molar-refractivity contribution in [3.8, 4) is 0 Å². The van der Waals surface area contributed by atoms with Crippen molar-refractivity contribution < 1.29 is 9.59 Å². The highest BCUT2D eigenvalue weighted by Crippen LogP contribution is 2.21. The summed E-state index contributed by atoms with van der Waals surface area (Å²) in [5, 5.41) is 14.7. The molecule has 0 aliphatic carbocycles. The number of piperidine rings is 1. The van der Waals surface area contributed by atoms with E-state index in [9.17, 15) is 14.4 Å². The van der Waals surface area contributed by atoms with Gasteiger partial charge in [-0.2, -0.15) is 5.10 Å². The molecule has 3 N–H and O–H groups in total. The zero-order chi connectivity index (χ0) is 20.4. The number of nitrogens with zero attached hydrogens (tertiary/aromatic N) is 3. The molecule has 2 saturated heterocycles. The quantitative estimate of drug-likeness (QED) is 0.609. The Kier molecular flexibility index (Phi) is 5.59. The molecule has 0 radical (unpaired) electrons. The molecule has 2 fully saturated rings. The monoisotopic (exact) mass is 398 g/mol. The number of hydrogen-bond acceptors (Lipinski definition) is 7. The van der Waals surface area contributed by atoms with Crippen molar-refractivity contribution in [1.82, 2.24) is 25.3 Å². The van der Waals surface area contributed by atoms with Crippen molar-refractivity contribution in [3.63, 3.8) is 0 Å². The van der Waals surface area contributed by atoms with Crippen LogP contribution in [0.4, 0.5) is 5.69 Å². The first-order valence-corrected chi connectivity index (χ1v) is 10.1. The standard InChI is InChI=1S/C20H26N6O3/c1-13-16-12-14(22-8-11-25-9-6-21-7-10-25)2-3-15(16)20(29)26(24-13)17-4-5-18(27)23-19(17)28/h2-3,12,17,21-22H,4-11H2,1H3,(H,23,27,28). The van der Waals surface area contributed by atoms with Crippen molar-refractivity contribution in [1.29, 1.82) is 0 Å². The van der Waals surface area contributed by atoms with Crippen LogP contribution < -0.4 is 21.5 Å². The lowest BCUT2D eigenvalue weighted by Gasteiger charge is -2.27. The Morgan fingerprint density at radius 1 is 1.17 bits per heavy atom. The van der Waals surface area contributed by atoms with Crippen molar-refractivity contribution in [3.05, 3.63) is 34.2 Å². The van der Waals surface area contributed by atoms with Crippen LogP contribution in [0.25, 0.3) is 10.8 Å². The van der Waals surface area contributed by atoms with Gasteiger partial charge in [-0.15, -0.1) is 0 Å². The number of piperazine rings is 1. The van der Waals surface area contributed by atoms with E-state index in [0.29, 0.717) is 11.1 Å². The Morgan fingerprint density at radius 3 is 2.72 bits per heavy atom. The van der Waals surface area contributed by atoms with Gasteiger partial charge >= 0.3 is 0 Å². The van der Waals surface area contributed by atoms with Crippen LogP contribution in [-0.2, 0) is 9.59 Å². The van der Waals surface area contributed by atoms with Crippen molar-refractivity contribution >= 4 is 28.3 Å². The summed E-state index contributed by atoms with van der Waals surface area (Å²) in [7, 11) is 0. The van der Waals surface area contributed by atoms with Gasteiger partial charge in [-0.25, -0.2) is 4.68 Å². The smallest absolute Gasteiger partial charge is 0.275 e. The van der Waals surface area contributed by atoms with Crippen LogP contribution in [0.1, 0.15) is 24.6 Å². The molecular formula is C20H26N6O3. The summed E-state index contributed by atoms with van der Waals surface area (Å²) in [6.07, 6.45) is 0.492. The maximum atomic E-state index is 12.9. The molecule has 1 atom stereocenters. The third-order valence-corrected chi connectivity index (χ3v) is 5.58.